The lowest BCUT2D eigenvalue weighted by Crippen LogP contribution is -2.20. The molecule has 1 saturated heterocycles. The smallest absolute Gasteiger partial charge is 0.255 e. The van der Waals surface area contributed by atoms with Gasteiger partial charge in [0.15, 0.2) is 6.61 Å². The summed E-state index contributed by atoms with van der Waals surface area (Å²) in [7, 11) is 0. The van der Waals surface area contributed by atoms with E-state index in [2.05, 4.69) is 12.2 Å². The summed E-state index contributed by atoms with van der Waals surface area (Å²) < 4.78 is 5.20. The van der Waals surface area contributed by atoms with Crippen molar-refractivity contribution in [2.45, 2.75) is 17.5 Å². The van der Waals surface area contributed by atoms with Gasteiger partial charge in [0.1, 0.15) is 5.75 Å². The van der Waals surface area contributed by atoms with E-state index >= 15 is 0 Å². The zero-order chi connectivity index (χ0) is 12.3. The van der Waals surface area contributed by atoms with Crippen LogP contribution in [0.2, 0.25) is 0 Å². The normalized spacial score (nSPS) is 23.6. The first kappa shape index (κ1) is 12.3. The molecule has 0 spiro atoms. The van der Waals surface area contributed by atoms with Crippen molar-refractivity contribution in [1.29, 1.82) is 0 Å². The Balaban J connectivity index is 1.95. The average Bonchev–Trinajstić information content (AvgIpc) is 2.74. The molecule has 1 heterocycles. The van der Waals surface area contributed by atoms with Gasteiger partial charge >= 0.3 is 0 Å². The maximum Gasteiger partial charge on any atom is 0.255 e. The zero-order valence-electron chi connectivity index (χ0n) is 9.68. The molecule has 0 aromatic heterocycles. The fourth-order valence-corrected chi connectivity index (χ4v) is 2.86. The van der Waals surface area contributed by atoms with Gasteiger partial charge in [-0.15, -0.1) is 11.8 Å². The lowest BCUT2D eigenvalue weighted by molar-refractivity contribution is -0.119. The Morgan fingerprint density at radius 2 is 2.24 bits per heavy atom. The Bertz CT molecular complexity index is 394. The number of rotatable bonds is 4. The van der Waals surface area contributed by atoms with E-state index in [1.54, 1.807) is 0 Å². The number of carbonyl (C=O) groups is 1. The number of nitrogens with one attached hydrogen (secondary N) is 1. The highest BCUT2D eigenvalue weighted by molar-refractivity contribution is 8.00. The monoisotopic (exact) mass is 252 g/mol. The molecular weight excluding hydrogens is 236 g/mol. The minimum atomic E-state index is -0.462. The van der Waals surface area contributed by atoms with E-state index in [9.17, 15) is 4.79 Å². The molecule has 1 aliphatic heterocycles. The van der Waals surface area contributed by atoms with Gasteiger partial charge in [0.2, 0.25) is 0 Å². The average molecular weight is 252 g/mol. The lowest BCUT2D eigenvalue weighted by Gasteiger charge is -2.11. The van der Waals surface area contributed by atoms with Crippen LogP contribution in [0.25, 0.3) is 0 Å². The van der Waals surface area contributed by atoms with Gasteiger partial charge in [-0.25, -0.2) is 0 Å². The fraction of sp³-hybridized carbons (Fsp3) is 0.417. The number of nitrogens with two attached hydrogens (primary N) is 1. The van der Waals surface area contributed by atoms with Crippen molar-refractivity contribution in [3.63, 3.8) is 0 Å². The van der Waals surface area contributed by atoms with Crippen molar-refractivity contribution in [2.75, 3.05) is 13.2 Å². The van der Waals surface area contributed by atoms with Gasteiger partial charge in [0, 0.05) is 11.8 Å². The van der Waals surface area contributed by atoms with E-state index in [0.717, 1.165) is 6.54 Å². The van der Waals surface area contributed by atoms with E-state index in [0.29, 0.717) is 16.4 Å². The van der Waals surface area contributed by atoms with E-state index in [4.69, 9.17) is 10.5 Å². The third-order valence-electron chi connectivity index (χ3n) is 2.52. The fourth-order valence-electron chi connectivity index (χ4n) is 1.69. The van der Waals surface area contributed by atoms with Gasteiger partial charge in [-0.2, -0.15) is 0 Å². The molecule has 17 heavy (non-hydrogen) atoms. The molecule has 4 nitrogen and oxygen atoms in total. The van der Waals surface area contributed by atoms with Crippen molar-refractivity contribution in [2.24, 2.45) is 5.73 Å². The molecule has 1 amide bonds. The topological polar surface area (TPSA) is 64.3 Å². The van der Waals surface area contributed by atoms with Crippen LogP contribution in [-0.2, 0) is 4.79 Å². The first-order chi connectivity index (χ1) is 8.15. The van der Waals surface area contributed by atoms with E-state index in [-0.39, 0.29) is 6.61 Å². The second kappa shape index (κ2) is 5.42. The highest BCUT2D eigenvalue weighted by atomic mass is 32.2. The summed E-state index contributed by atoms with van der Waals surface area (Å²) in [5, 5.41) is 4.44. The Morgan fingerprint density at radius 3 is 2.76 bits per heavy atom. The number of primary amides is 1. The first-order valence-corrected chi connectivity index (χ1v) is 6.49. The molecule has 0 radical (unpaired) electrons. The molecule has 1 fully saturated rings. The van der Waals surface area contributed by atoms with Crippen LogP contribution in [-0.4, -0.2) is 24.3 Å². The maximum absolute atomic E-state index is 10.6. The van der Waals surface area contributed by atoms with Crippen LogP contribution in [0.5, 0.6) is 5.75 Å². The summed E-state index contributed by atoms with van der Waals surface area (Å²) in [6, 6.07) is 7.76. The highest BCUT2D eigenvalue weighted by Gasteiger charge is 2.22. The van der Waals surface area contributed by atoms with Crippen molar-refractivity contribution < 1.29 is 9.53 Å². The molecule has 1 aromatic carbocycles. The standard InChI is InChI=1S/C12H16N2O2S/c1-8-6-14-12(17-8)9-2-4-10(5-3-9)16-7-11(13)15/h2-5,8,12,14H,6-7H2,1H3,(H2,13,15). The number of ether oxygens (including phenoxy) is 1. The summed E-state index contributed by atoms with van der Waals surface area (Å²) in [5.74, 6) is 0.208. The second-order valence-corrected chi connectivity index (χ2v) is 5.61. The maximum atomic E-state index is 10.6. The number of thioether (sulfide) groups is 1. The van der Waals surface area contributed by atoms with E-state index in [1.165, 1.54) is 5.56 Å². The molecule has 2 atom stereocenters. The number of hydrogen-bond donors (Lipinski definition) is 2. The molecule has 0 saturated carbocycles. The van der Waals surface area contributed by atoms with Gasteiger partial charge < -0.3 is 15.8 Å². The van der Waals surface area contributed by atoms with Crippen molar-refractivity contribution >= 4 is 17.7 Å². The predicted octanol–water partition coefficient (Wildman–Crippen LogP) is 1.27. The van der Waals surface area contributed by atoms with Gasteiger partial charge in [-0.05, 0) is 17.7 Å². The SMILES string of the molecule is CC1CNC(c2ccc(OCC(N)=O)cc2)S1. The van der Waals surface area contributed by atoms with Crippen molar-refractivity contribution in [3.05, 3.63) is 29.8 Å². The largest absolute Gasteiger partial charge is 0.484 e. The lowest BCUT2D eigenvalue weighted by atomic mass is 10.2. The van der Waals surface area contributed by atoms with Crippen LogP contribution in [0.1, 0.15) is 17.9 Å². The van der Waals surface area contributed by atoms with Crippen LogP contribution < -0.4 is 15.8 Å². The third kappa shape index (κ3) is 3.38. The van der Waals surface area contributed by atoms with Crippen LogP contribution in [0.4, 0.5) is 0 Å². The Hall–Kier alpha value is -1.20. The quantitative estimate of drug-likeness (QED) is 0.847. The highest BCUT2D eigenvalue weighted by Crippen LogP contribution is 2.34. The van der Waals surface area contributed by atoms with Crippen molar-refractivity contribution in [3.8, 4) is 5.75 Å². The molecule has 0 aliphatic carbocycles. The Kier molecular flexibility index (Phi) is 3.91. The van der Waals surface area contributed by atoms with Crippen LogP contribution in [0, 0.1) is 0 Å². The Labute approximate surface area is 105 Å². The Morgan fingerprint density at radius 1 is 1.53 bits per heavy atom. The molecular formula is C12H16N2O2S. The third-order valence-corrected chi connectivity index (χ3v) is 3.87. The summed E-state index contributed by atoms with van der Waals surface area (Å²) >= 11 is 1.92. The second-order valence-electron chi connectivity index (χ2n) is 4.06. The van der Waals surface area contributed by atoms with Gasteiger partial charge in [0.05, 0.1) is 5.37 Å². The first-order valence-electron chi connectivity index (χ1n) is 5.55. The number of benzene rings is 1. The van der Waals surface area contributed by atoms with Gasteiger partial charge in [-0.1, -0.05) is 19.1 Å². The van der Waals surface area contributed by atoms with Gasteiger partial charge in [0.25, 0.3) is 5.91 Å². The minimum Gasteiger partial charge on any atom is -0.484 e. The molecule has 92 valence electrons. The van der Waals surface area contributed by atoms with Crippen molar-refractivity contribution in [1.82, 2.24) is 5.32 Å². The summed E-state index contributed by atoms with van der Waals surface area (Å²) in [6.45, 7) is 3.17. The summed E-state index contributed by atoms with van der Waals surface area (Å²) in [6.07, 6.45) is 0. The molecule has 1 aliphatic rings. The van der Waals surface area contributed by atoms with E-state index in [1.807, 2.05) is 36.0 Å². The van der Waals surface area contributed by atoms with Gasteiger partial charge in [-0.3, -0.25) is 4.79 Å². The number of hydrogen-bond acceptors (Lipinski definition) is 4. The summed E-state index contributed by atoms with van der Waals surface area (Å²) in [5.41, 5.74) is 6.24. The number of amides is 1. The molecule has 0 bridgehead atoms. The van der Waals surface area contributed by atoms with Crippen LogP contribution in [0.15, 0.2) is 24.3 Å². The zero-order valence-corrected chi connectivity index (χ0v) is 10.5. The minimum absolute atomic E-state index is 0.0766. The van der Waals surface area contributed by atoms with Crippen LogP contribution in [0.3, 0.4) is 0 Å². The molecule has 2 unspecified atom stereocenters. The predicted molar refractivity (Wildman–Crippen MR) is 68.9 cm³/mol. The number of carbonyl (C=O) groups excluding carboxylic acids is 1. The van der Waals surface area contributed by atoms with E-state index < -0.39 is 5.91 Å². The molecule has 2 rings (SSSR count). The summed E-state index contributed by atoms with van der Waals surface area (Å²) in [4.78, 5) is 10.6. The van der Waals surface area contributed by atoms with Crippen LogP contribution >= 0.6 is 11.8 Å². The molecule has 1 aromatic rings. The molecule has 3 N–H and O–H groups in total. The molecule has 5 heteroatoms.